The normalized spacial score (nSPS) is 17.1. The quantitative estimate of drug-likeness (QED) is 0.0261. The van der Waals surface area contributed by atoms with Crippen LogP contribution in [0.1, 0.15) is 66.7 Å². The zero-order chi connectivity index (χ0) is 45.8. The van der Waals surface area contributed by atoms with Crippen LogP contribution >= 0.6 is 207 Å². The summed E-state index contributed by atoms with van der Waals surface area (Å²) in [4.78, 5) is 51.6. The molecule has 15 nitrogen and oxygen atoms in total. The molecule has 0 aromatic heterocycles. The van der Waals surface area contributed by atoms with Crippen LogP contribution in [0.15, 0.2) is 0 Å². The van der Waals surface area contributed by atoms with Gasteiger partial charge in [-0.1, -0.05) is 110 Å². The van der Waals surface area contributed by atoms with E-state index in [-0.39, 0.29) is 32.3 Å². The number of unbranched alkanes of at least 4 members (excludes halogenated alkanes) is 2. The van der Waals surface area contributed by atoms with Crippen LogP contribution in [0.4, 0.5) is 17.6 Å². The van der Waals surface area contributed by atoms with E-state index >= 15 is 0 Å². The van der Waals surface area contributed by atoms with E-state index in [0.717, 1.165) is 19.3 Å². The van der Waals surface area contributed by atoms with Gasteiger partial charge in [0.25, 0.3) is 5.97 Å². The Morgan fingerprint density at radius 1 is 0.618 bits per heavy atom. The molecule has 0 radical (unpaired) electrons. The van der Waals surface area contributed by atoms with Crippen molar-refractivity contribution in [1.82, 2.24) is 0 Å². The van der Waals surface area contributed by atoms with Gasteiger partial charge in [-0.25, -0.2) is 0 Å². The molecular formula is C20H40Br2Cl6F4I3O15P5. The number of hydrogen-bond acceptors (Lipinski definition) is 9. The summed E-state index contributed by atoms with van der Waals surface area (Å²) in [6.07, 6.45) is 3.27. The summed E-state index contributed by atoms with van der Waals surface area (Å²) in [5, 5.41) is 0. The molecule has 0 fully saturated rings. The van der Waals surface area contributed by atoms with Crippen molar-refractivity contribution in [1.29, 1.82) is 0 Å². The van der Waals surface area contributed by atoms with Gasteiger partial charge in [-0.2, -0.15) is 17.6 Å². The van der Waals surface area contributed by atoms with E-state index in [1.54, 1.807) is 20.8 Å². The van der Waals surface area contributed by atoms with Gasteiger partial charge in [-0.3, -0.25) is 22.8 Å². The molecule has 6 N–H and O–H groups in total. The Morgan fingerprint density at radius 3 is 1.15 bits per heavy atom. The summed E-state index contributed by atoms with van der Waals surface area (Å²) < 4.78 is 111. The van der Waals surface area contributed by atoms with Gasteiger partial charge in [0.15, 0.2) is 0 Å². The van der Waals surface area contributed by atoms with Crippen molar-refractivity contribution >= 4 is 207 Å². The highest BCUT2D eigenvalue weighted by Gasteiger charge is 2.52. The molecule has 55 heavy (non-hydrogen) atoms. The predicted octanol–water partition coefficient (Wildman–Crippen LogP) is 14.0. The highest BCUT2D eigenvalue weighted by molar-refractivity contribution is 14.3. The predicted molar refractivity (Wildman–Crippen MR) is 243 cm³/mol. The van der Waals surface area contributed by atoms with Gasteiger partial charge in [0.2, 0.25) is -0.824 Å². The molecule has 340 valence electrons. The SMILES string of the molecule is CC(C)CCOP(=O)(O)C(F)(F)F.CCCCOP(=O)(O)C(Cl)(Br)Br.CCCCOP(=O)(O)C(F)(Cl)Cl.CCOP(=O)(O)C(I)(I)I.O=P(O)(O)C(Cl)(Cl)Cl. The first-order valence-corrected chi connectivity index (χ1v) is 29.1. The monoisotopic (exact) mass is 1500 g/mol. The number of halogens is 15. The minimum atomic E-state index is -5.43. The zero-order valence-electron chi connectivity index (χ0n) is 28.7. The molecule has 4 unspecified atom stereocenters. The molecule has 4 atom stereocenters. The lowest BCUT2D eigenvalue weighted by atomic mass is 10.2. The second kappa shape index (κ2) is 30.5. The standard InChI is InChI=1S/C6H12F3O3P.C5H10Br2ClO3P.C5H10Cl2FO3P.C3H6I3O3P.CH2Cl3O3P/c1-5(2)3-4-12-13(10,11)6(7,8)9;2*1-2-3-4-11-12(9,10)5(6,7)8;1-2-9-10(7,8)3(4,5)6;2-1(3,4)8(5,6)7/h5H,3-4H2,1-2H3,(H,10,11);2*2-4H2,1H3,(H,9,10);2H2,1H3,(H,7,8);(H2,5,6,7). The van der Waals surface area contributed by atoms with E-state index in [9.17, 15) is 45.3 Å². The topological polar surface area (TPSA) is 244 Å². The van der Waals surface area contributed by atoms with Crippen molar-refractivity contribution < 1.29 is 87.8 Å². The maximum Gasteiger partial charge on any atom is 0.493 e. The molecule has 0 spiro atoms. The smallest absolute Gasteiger partial charge is 0.322 e. The second-order valence-corrected chi connectivity index (χ2v) is 44.0. The van der Waals surface area contributed by atoms with Gasteiger partial charge < -0.3 is 47.5 Å². The summed E-state index contributed by atoms with van der Waals surface area (Å²) in [5.41, 5.74) is 0. The van der Waals surface area contributed by atoms with Gasteiger partial charge in [0, 0.05) is 0 Å². The largest absolute Gasteiger partial charge is 0.493 e. The number of alkyl halides is 15. The number of hydrogen-bond donors (Lipinski definition) is 6. The van der Waals surface area contributed by atoms with E-state index in [0.29, 0.717) is 12.8 Å². The van der Waals surface area contributed by atoms with Crippen LogP contribution in [0.2, 0.25) is 0 Å². The second-order valence-electron chi connectivity index (χ2n) is 9.77. The van der Waals surface area contributed by atoms with Crippen molar-refractivity contribution in [3.63, 3.8) is 0 Å². The van der Waals surface area contributed by atoms with Crippen molar-refractivity contribution in [2.45, 2.75) is 82.1 Å². The molecule has 0 saturated heterocycles. The molecule has 0 aromatic rings. The summed E-state index contributed by atoms with van der Waals surface area (Å²) in [5.74, 6) is -5.04. The third-order valence-corrected chi connectivity index (χ3v) is 21.9. The van der Waals surface area contributed by atoms with E-state index < -0.39 is 53.4 Å². The van der Waals surface area contributed by atoms with Crippen LogP contribution in [0.5, 0.6) is 0 Å². The highest BCUT2D eigenvalue weighted by Crippen LogP contribution is 2.67. The summed E-state index contributed by atoms with van der Waals surface area (Å²) in [6, 6.07) is 0. The molecule has 0 aliphatic rings. The first kappa shape index (κ1) is 69.4. The van der Waals surface area contributed by atoms with Gasteiger partial charge >= 0.3 is 48.2 Å². The van der Waals surface area contributed by atoms with E-state index in [1.807, 2.05) is 81.6 Å². The number of rotatable bonds is 17. The average molecular weight is 1500 g/mol. The van der Waals surface area contributed by atoms with Crippen LogP contribution in [0.3, 0.4) is 0 Å². The van der Waals surface area contributed by atoms with Crippen LogP contribution < -0.4 is 0 Å². The summed E-state index contributed by atoms with van der Waals surface area (Å²) in [7, 11) is -21.8. The van der Waals surface area contributed by atoms with Gasteiger partial charge in [0.05, 0.1) is 26.4 Å². The molecule has 0 aliphatic carbocycles. The van der Waals surface area contributed by atoms with Crippen LogP contribution in [0, 0.1) is 5.92 Å². The van der Waals surface area contributed by atoms with Gasteiger partial charge in [0.1, 0.15) is 0 Å². The summed E-state index contributed by atoms with van der Waals surface area (Å²) in [6.45, 7) is 9.18. The maximum absolute atomic E-state index is 12.5. The Hall–Kier alpha value is 5.36. The highest BCUT2D eigenvalue weighted by atomic mass is 127. The van der Waals surface area contributed by atoms with Crippen molar-refractivity contribution in [3.05, 3.63) is 0 Å². The third kappa shape index (κ3) is 36.3. The molecular weight excluding hydrogens is 1460 g/mol. The fourth-order valence-corrected chi connectivity index (χ4v) is 5.89. The van der Waals surface area contributed by atoms with Crippen molar-refractivity contribution in [2.24, 2.45) is 5.92 Å². The zero-order valence-corrected chi connectivity index (χ0v) is 47.4. The van der Waals surface area contributed by atoms with E-state index in [1.165, 1.54) is 0 Å². The molecule has 0 aromatic carbocycles. The molecule has 35 heteroatoms. The fraction of sp³-hybridized carbons (Fsp3) is 1.00. The first-order valence-electron chi connectivity index (χ1n) is 14.1. The lowest BCUT2D eigenvalue weighted by Gasteiger charge is -2.19. The van der Waals surface area contributed by atoms with Crippen molar-refractivity contribution in [3.8, 4) is 0 Å². The molecule has 0 bridgehead atoms. The van der Waals surface area contributed by atoms with E-state index in [2.05, 4.69) is 45.4 Å². The minimum absolute atomic E-state index is 0.0324. The molecule has 0 amide bonds. The lowest BCUT2D eigenvalue weighted by molar-refractivity contribution is -0.0709. The Bertz CT molecular complexity index is 1270. The Kier molecular flexibility index (Phi) is 38.5. The van der Waals surface area contributed by atoms with Crippen LogP contribution in [0.25, 0.3) is 0 Å². The van der Waals surface area contributed by atoms with E-state index in [4.69, 9.17) is 98.6 Å². The summed E-state index contributed by atoms with van der Waals surface area (Å²) >= 11 is 40.6. The Balaban J connectivity index is -0.000000191. The van der Waals surface area contributed by atoms with Crippen LogP contribution in [-0.4, -0.2) is 71.2 Å². The maximum atomic E-state index is 12.5. The Morgan fingerprint density at radius 2 is 0.945 bits per heavy atom. The molecule has 0 saturated carbocycles. The molecule has 0 aliphatic heterocycles. The van der Waals surface area contributed by atoms with Crippen molar-refractivity contribution in [2.75, 3.05) is 26.4 Å². The Labute approximate surface area is 404 Å². The van der Waals surface area contributed by atoms with Gasteiger partial charge in [-0.15, -0.1) is 0 Å². The molecule has 0 heterocycles. The lowest BCUT2D eigenvalue weighted by Crippen LogP contribution is -2.12. The third-order valence-electron chi connectivity index (χ3n) is 4.41. The molecule has 0 rings (SSSR count). The average Bonchev–Trinajstić information content (AvgIpc) is 2.91. The minimum Gasteiger partial charge on any atom is -0.322 e. The first-order chi connectivity index (χ1) is 23.8. The fourth-order valence-electron chi connectivity index (χ4n) is 1.55. The van der Waals surface area contributed by atoms with Gasteiger partial charge in [-0.05, 0) is 132 Å². The van der Waals surface area contributed by atoms with Crippen LogP contribution in [-0.2, 0) is 40.9 Å².